The van der Waals surface area contributed by atoms with Crippen LogP contribution in [0.3, 0.4) is 0 Å². The fraction of sp³-hybridized carbons (Fsp3) is 0.412. The Morgan fingerprint density at radius 1 is 1.32 bits per heavy atom. The second-order valence-electron chi connectivity index (χ2n) is 5.76. The number of hydrogen-bond acceptors (Lipinski definition) is 3. The molecule has 0 spiro atoms. The molecule has 5 heteroatoms. The van der Waals surface area contributed by atoms with Crippen molar-refractivity contribution in [2.24, 2.45) is 5.73 Å². The number of rotatable bonds is 5. The van der Waals surface area contributed by atoms with E-state index in [4.69, 9.17) is 5.73 Å². The lowest BCUT2D eigenvalue weighted by molar-refractivity contribution is -0.137. The second-order valence-corrected chi connectivity index (χ2v) is 6.67. The summed E-state index contributed by atoms with van der Waals surface area (Å²) in [6, 6.07) is 7.95. The Bertz CT molecular complexity index is 695. The highest BCUT2D eigenvalue weighted by molar-refractivity contribution is 7.17. The number of nitrogens with two attached hydrogens (primary N) is 1. The minimum atomic E-state index is -0.394. The van der Waals surface area contributed by atoms with Crippen LogP contribution in [-0.4, -0.2) is 29.3 Å². The summed E-state index contributed by atoms with van der Waals surface area (Å²) in [6.07, 6.45) is 3.76. The number of thiophene rings is 1. The first kappa shape index (κ1) is 15.0. The molecule has 2 heterocycles. The maximum absolute atomic E-state index is 12.3. The summed E-state index contributed by atoms with van der Waals surface area (Å²) in [4.78, 5) is 25.3. The van der Waals surface area contributed by atoms with Gasteiger partial charge in [-0.05, 0) is 48.1 Å². The highest BCUT2D eigenvalue weighted by atomic mass is 32.1. The van der Waals surface area contributed by atoms with Crippen LogP contribution in [0.15, 0.2) is 29.6 Å². The maximum atomic E-state index is 12.3. The van der Waals surface area contributed by atoms with Gasteiger partial charge in [0.05, 0.1) is 0 Å². The molecule has 0 bridgehead atoms. The van der Waals surface area contributed by atoms with Crippen molar-refractivity contribution in [1.29, 1.82) is 0 Å². The highest BCUT2D eigenvalue weighted by Crippen LogP contribution is 2.27. The lowest BCUT2D eigenvalue weighted by Crippen LogP contribution is -2.43. The largest absolute Gasteiger partial charge is 0.368 e. The molecular formula is C17H20N2O2S. The molecule has 116 valence electrons. The highest BCUT2D eigenvalue weighted by Gasteiger charge is 2.31. The number of hydrogen-bond donors (Lipinski definition) is 1. The zero-order valence-electron chi connectivity index (χ0n) is 12.5. The molecule has 2 amide bonds. The van der Waals surface area contributed by atoms with Crippen LogP contribution in [0.5, 0.6) is 0 Å². The van der Waals surface area contributed by atoms with Crippen LogP contribution in [-0.2, 0) is 16.0 Å². The normalized spacial score (nSPS) is 18.0. The third kappa shape index (κ3) is 2.99. The average Bonchev–Trinajstić information content (AvgIpc) is 3.14. The van der Waals surface area contributed by atoms with Crippen LogP contribution in [0.4, 0.5) is 0 Å². The molecule has 1 saturated heterocycles. The van der Waals surface area contributed by atoms with Crippen molar-refractivity contribution < 1.29 is 9.59 Å². The molecule has 1 aromatic heterocycles. The van der Waals surface area contributed by atoms with Crippen molar-refractivity contribution >= 4 is 33.2 Å². The van der Waals surface area contributed by atoms with Crippen LogP contribution in [0.1, 0.15) is 31.2 Å². The molecule has 1 aromatic carbocycles. The molecule has 2 N–H and O–H groups in total. The van der Waals surface area contributed by atoms with E-state index < -0.39 is 6.04 Å². The van der Waals surface area contributed by atoms with E-state index in [1.54, 1.807) is 16.2 Å². The van der Waals surface area contributed by atoms with Gasteiger partial charge in [0.15, 0.2) is 0 Å². The number of primary amides is 1. The topological polar surface area (TPSA) is 63.4 Å². The third-order valence-corrected chi connectivity index (χ3v) is 5.31. The fourth-order valence-corrected chi connectivity index (χ4v) is 4.16. The van der Waals surface area contributed by atoms with E-state index in [0.29, 0.717) is 19.4 Å². The molecule has 4 nitrogen and oxygen atoms in total. The monoisotopic (exact) mass is 316 g/mol. The van der Waals surface area contributed by atoms with Gasteiger partial charge >= 0.3 is 0 Å². The number of likely N-dealkylation sites (tertiary alicyclic amines) is 1. The Hall–Kier alpha value is -1.88. The Balaban J connectivity index is 1.57. The van der Waals surface area contributed by atoms with Crippen LogP contribution in [0.25, 0.3) is 10.1 Å². The standard InChI is InChI=1S/C17H20N2O2S/c18-17(21)14-7-4-10-19(14)16(20)9-3-5-12-11-22-15-8-2-1-6-13(12)15/h1-2,6,8,11,14H,3-5,7,9-10H2,(H2,18,21). The van der Waals surface area contributed by atoms with Gasteiger partial charge < -0.3 is 10.6 Å². The number of carbonyl (C=O) groups is 2. The van der Waals surface area contributed by atoms with Crippen molar-refractivity contribution in [3.8, 4) is 0 Å². The number of carbonyl (C=O) groups excluding carboxylic acids is 2. The summed E-state index contributed by atoms with van der Waals surface area (Å²) < 4.78 is 1.29. The predicted molar refractivity (Wildman–Crippen MR) is 88.7 cm³/mol. The van der Waals surface area contributed by atoms with Gasteiger partial charge in [0.2, 0.25) is 11.8 Å². The lowest BCUT2D eigenvalue weighted by atomic mass is 10.1. The lowest BCUT2D eigenvalue weighted by Gasteiger charge is -2.22. The van der Waals surface area contributed by atoms with Gasteiger partial charge in [-0.2, -0.15) is 0 Å². The molecule has 2 aromatic rings. The molecule has 0 radical (unpaired) electrons. The van der Waals surface area contributed by atoms with Crippen molar-refractivity contribution in [3.63, 3.8) is 0 Å². The molecule has 1 aliphatic heterocycles. The first-order valence-electron chi connectivity index (χ1n) is 7.70. The third-order valence-electron chi connectivity index (χ3n) is 4.30. The number of aryl methyl sites for hydroxylation is 1. The zero-order chi connectivity index (χ0) is 15.5. The molecule has 0 saturated carbocycles. The van der Waals surface area contributed by atoms with E-state index in [0.717, 1.165) is 19.3 Å². The fourth-order valence-electron chi connectivity index (χ4n) is 3.16. The van der Waals surface area contributed by atoms with E-state index in [9.17, 15) is 9.59 Å². The zero-order valence-corrected chi connectivity index (χ0v) is 13.3. The van der Waals surface area contributed by atoms with Crippen LogP contribution in [0.2, 0.25) is 0 Å². The molecule has 1 unspecified atom stereocenters. The Morgan fingerprint density at radius 2 is 2.14 bits per heavy atom. The minimum Gasteiger partial charge on any atom is -0.368 e. The Kier molecular flexibility index (Phi) is 4.43. The van der Waals surface area contributed by atoms with Gasteiger partial charge in [-0.25, -0.2) is 0 Å². The summed E-state index contributed by atoms with van der Waals surface area (Å²) in [5, 5.41) is 3.47. The second kappa shape index (κ2) is 6.48. The van der Waals surface area contributed by atoms with Gasteiger partial charge in [-0.15, -0.1) is 11.3 Å². The number of amides is 2. The van der Waals surface area contributed by atoms with Gasteiger partial charge in [0, 0.05) is 17.7 Å². The molecule has 22 heavy (non-hydrogen) atoms. The first-order chi connectivity index (χ1) is 10.7. The van der Waals surface area contributed by atoms with Crippen molar-refractivity contribution in [2.45, 2.75) is 38.1 Å². The van der Waals surface area contributed by atoms with E-state index in [1.165, 1.54) is 15.6 Å². The summed E-state index contributed by atoms with van der Waals surface area (Å²) in [5.74, 6) is -0.324. The summed E-state index contributed by atoms with van der Waals surface area (Å²) in [7, 11) is 0. The summed E-state index contributed by atoms with van der Waals surface area (Å²) in [6.45, 7) is 0.661. The quantitative estimate of drug-likeness (QED) is 0.922. The SMILES string of the molecule is NC(=O)C1CCCN1C(=O)CCCc1csc2ccccc12. The van der Waals surface area contributed by atoms with Gasteiger partial charge in [-0.1, -0.05) is 18.2 Å². The minimum absolute atomic E-state index is 0.0563. The van der Waals surface area contributed by atoms with E-state index in [-0.39, 0.29) is 11.8 Å². The van der Waals surface area contributed by atoms with Crippen molar-refractivity contribution in [2.75, 3.05) is 6.54 Å². The molecule has 1 atom stereocenters. The molecule has 3 rings (SSSR count). The predicted octanol–water partition coefficient (Wildman–Crippen LogP) is 2.70. The van der Waals surface area contributed by atoms with Gasteiger partial charge in [-0.3, -0.25) is 9.59 Å². The van der Waals surface area contributed by atoms with Gasteiger partial charge in [0.1, 0.15) is 6.04 Å². The number of nitrogens with zero attached hydrogens (tertiary/aromatic N) is 1. The van der Waals surface area contributed by atoms with Crippen LogP contribution in [0, 0.1) is 0 Å². The summed E-state index contributed by atoms with van der Waals surface area (Å²) in [5.41, 5.74) is 6.67. The molecule has 1 fully saturated rings. The van der Waals surface area contributed by atoms with E-state index in [1.807, 2.05) is 12.1 Å². The van der Waals surface area contributed by atoms with Crippen LogP contribution >= 0.6 is 11.3 Å². The van der Waals surface area contributed by atoms with E-state index >= 15 is 0 Å². The molecule has 1 aliphatic rings. The smallest absolute Gasteiger partial charge is 0.240 e. The first-order valence-corrected chi connectivity index (χ1v) is 8.58. The van der Waals surface area contributed by atoms with E-state index in [2.05, 4.69) is 17.5 Å². The Labute approximate surface area is 133 Å². The number of benzene rings is 1. The average molecular weight is 316 g/mol. The Morgan fingerprint density at radius 3 is 2.95 bits per heavy atom. The van der Waals surface area contributed by atoms with Gasteiger partial charge in [0.25, 0.3) is 0 Å². The summed E-state index contributed by atoms with van der Waals surface area (Å²) >= 11 is 1.75. The van der Waals surface area contributed by atoms with Crippen molar-refractivity contribution in [1.82, 2.24) is 4.90 Å². The van der Waals surface area contributed by atoms with Crippen molar-refractivity contribution in [3.05, 3.63) is 35.2 Å². The number of fused-ring (bicyclic) bond motifs is 1. The molecular weight excluding hydrogens is 296 g/mol. The van der Waals surface area contributed by atoms with Crippen LogP contribution < -0.4 is 5.73 Å². The maximum Gasteiger partial charge on any atom is 0.240 e. The molecule has 0 aliphatic carbocycles.